The zero-order chi connectivity index (χ0) is 17.8. The highest BCUT2D eigenvalue weighted by Gasteiger charge is 2.28. The van der Waals surface area contributed by atoms with E-state index in [9.17, 15) is 9.90 Å². The molecule has 0 bridgehead atoms. The molecule has 1 aromatic carbocycles. The summed E-state index contributed by atoms with van der Waals surface area (Å²) in [6.07, 6.45) is 5.34. The number of aliphatic hydroxyl groups is 1. The average Bonchev–Trinajstić information content (AvgIpc) is 3.07. The first kappa shape index (κ1) is 17.5. The summed E-state index contributed by atoms with van der Waals surface area (Å²) in [6.45, 7) is 3.22. The molecule has 1 aromatic heterocycles. The van der Waals surface area contributed by atoms with Gasteiger partial charge in [0.05, 0.1) is 12.8 Å². The van der Waals surface area contributed by atoms with Crippen LogP contribution in [0.2, 0.25) is 0 Å². The van der Waals surface area contributed by atoms with Gasteiger partial charge in [-0.05, 0) is 48.9 Å². The fourth-order valence-electron chi connectivity index (χ4n) is 3.31. The number of benzene rings is 1. The Kier molecular flexibility index (Phi) is 5.38. The summed E-state index contributed by atoms with van der Waals surface area (Å²) in [5.41, 5.74) is 2.02. The van der Waals surface area contributed by atoms with Gasteiger partial charge >= 0.3 is 0 Å². The largest absolute Gasteiger partial charge is 0.481 e. The van der Waals surface area contributed by atoms with Crippen LogP contribution in [-0.2, 0) is 18.4 Å². The van der Waals surface area contributed by atoms with Gasteiger partial charge in [-0.3, -0.25) is 9.48 Å². The van der Waals surface area contributed by atoms with Crippen molar-refractivity contribution >= 4 is 5.91 Å². The first-order valence-corrected chi connectivity index (χ1v) is 8.70. The maximum absolute atomic E-state index is 12.6. The molecule has 1 fully saturated rings. The van der Waals surface area contributed by atoms with Gasteiger partial charge in [0.2, 0.25) is 0 Å². The summed E-state index contributed by atoms with van der Waals surface area (Å²) in [7, 11) is 1.92. The maximum Gasteiger partial charge on any atom is 0.263 e. The Morgan fingerprint density at radius 2 is 2.16 bits per heavy atom. The number of likely N-dealkylation sites (tertiary alicyclic amines) is 1. The summed E-state index contributed by atoms with van der Waals surface area (Å²) in [4.78, 5) is 14.5. The van der Waals surface area contributed by atoms with Crippen LogP contribution in [0.3, 0.4) is 0 Å². The third kappa shape index (κ3) is 4.20. The fraction of sp³-hybridized carbons (Fsp3) is 0.474. The van der Waals surface area contributed by atoms with Gasteiger partial charge in [0, 0.05) is 26.3 Å². The lowest BCUT2D eigenvalue weighted by molar-refractivity contribution is -0.139. The van der Waals surface area contributed by atoms with Crippen molar-refractivity contribution in [1.29, 1.82) is 0 Å². The molecule has 1 unspecified atom stereocenters. The highest BCUT2D eigenvalue weighted by atomic mass is 16.5. The minimum Gasteiger partial charge on any atom is -0.481 e. The summed E-state index contributed by atoms with van der Waals surface area (Å²) < 4.78 is 7.59. The Morgan fingerprint density at radius 3 is 2.80 bits per heavy atom. The normalized spacial score (nSPS) is 16.7. The SMILES string of the molecule is CC(Oc1cccc(CO)c1)C(=O)N1CCC(c2cnn(C)c2)CC1. The van der Waals surface area contributed by atoms with Gasteiger partial charge in [-0.2, -0.15) is 5.10 Å². The molecule has 1 atom stereocenters. The standard InChI is InChI=1S/C19H25N3O3/c1-14(25-18-5-3-4-15(10-18)13-23)19(24)22-8-6-16(7-9-22)17-11-20-21(2)12-17/h3-5,10-12,14,16,23H,6-9,13H2,1-2H3. The van der Waals surface area contributed by atoms with E-state index in [0.717, 1.165) is 31.5 Å². The highest BCUT2D eigenvalue weighted by Crippen LogP contribution is 2.28. The van der Waals surface area contributed by atoms with E-state index in [1.54, 1.807) is 19.1 Å². The number of aliphatic hydroxyl groups excluding tert-OH is 1. The molecule has 6 nitrogen and oxygen atoms in total. The molecule has 1 N–H and O–H groups in total. The number of aryl methyl sites for hydroxylation is 1. The molecule has 134 valence electrons. The lowest BCUT2D eigenvalue weighted by Crippen LogP contribution is -2.44. The van der Waals surface area contributed by atoms with Crippen molar-refractivity contribution in [2.24, 2.45) is 7.05 Å². The Bertz CT molecular complexity index is 720. The molecule has 0 spiro atoms. The van der Waals surface area contributed by atoms with Crippen molar-refractivity contribution in [2.75, 3.05) is 13.1 Å². The Balaban J connectivity index is 1.54. The summed E-state index contributed by atoms with van der Waals surface area (Å²) in [5.74, 6) is 1.09. The van der Waals surface area contributed by atoms with E-state index in [2.05, 4.69) is 11.3 Å². The van der Waals surface area contributed by atoms with Crippen LogP contribution in [0, 0.1) is 0 Å². The third-order valence-electron chi connectivity index (χ3n) is 4.74. The summed E-state index contributed by atoms with van der Waals surface area (Å²) >= 11 is 0. The van der Waals surface area contributed by atoms with Gasteiger partial charge in [0.15, 0.2) is 6.10 Å². The van der Waals surface area contributed by atoms with E-state index < -0.39 is 6.10 Å². The second-order valence-electron chi connectivity index (χ2n) is 6.61. The molecule has 25 heavy (non-hydrogen) atoms. The van der Waals surface area contributed by atoms with E-state index in [0.29, 0.717) is 11.7 Å². The molecule has 6 heteroatoms. The number of nitrogens with zero attached hydrogens (tertiary/aromatic N) is 3. The zero-order valence-electron chi connectivity index (χ0n) is 14.8. The number of hydrogen-bond donors (Lipinski definition) is 1. The van der Waals surface area contributed by atoms with Crippen LogP contribution < -0.4 is 4.74 Å². The van der Waals surface area contributed by atoms with Crippen LogP contribution in [-0.4, -0.2) is 44.9 Å². The van der Waals surface area contributed by atoms with Crippen molar-refractivity contribution in [3.8, 4) is 5.75 Å². The van der Waals surface area contributed by atoms with Crippen LogP contribution in [0.25, 0.3) is 0 Å². The number of aromatic nitrogens is 2. The second kappa shape index (κ2) is 7.70. The topological polar surface area (TPSA) is 67.6 Å². The number of hydrogen-bond acceptors (Lipinski definition) is 4. The molecule has 0 aliphatic carbocycles. The number of ether oxygens (including phenoxy) is 1. The van der Waals surface area contributed by atoms with Crippen molar-refractivity contribution in [3.63, 3.8) is 0 Å². The summed E-state index contributed by atoms with van der Waals surface area (Å²) in [6, 6.07) is 7.20. The molecule has 0 saturated carbocycles. The van der Waals surface area contributed by atoms with Crippen molar-refractivity contribution in [3.05, 3.63) is 47.8 Å². The molecule has 3 rings (SSSR count). The molecular formula is C19H25N3O3. The van der Waals surface area contributed by atoms with Gasteiger partial charge in [0.25, 0.3) is 5.91 Å². The number of carbonyl (C=O) groups excluding carboxylic acids is 1. The van der Waals surface area contributed by atoms with Crippen LogP contribution in [0.4, 0.5) is 0 Å². The summed E-state index contributed by atoms with van der Waals surface area (Å²) in [5, 5.41) is 13.4. The van der Waals surface area contributed by atoms with Crippen LogP contribution in [0.1, 0.15) is 36.8 Å². The molecule has 0 radical (unpaired) electrons. The number of carbonyl (C=O) groups is 1. The number of rotatable bonds is 5. The number of amides is 1. The van der Waals surface area contributed by atoms with Crippen molar-refractivity contribution in [1.82, 2.24) is 14.7 Å². The molecule has 2 heterocycles. The minimum absolute atomic E-state index is 0.0130. The Hall–Kier alpha value is -2.34. The van der Waals surface area contributed by atoms with Crippen molar-refractivity contribution in [2.45, 2.75) is 38.4 Å². The van der Waals surface area contributed by atoms with E-state index >= 15 is 0 Å². The van der Waals surface area contributed by atoms with Crippen LogP contribution in [0.5, 0.6) is 5.75 Å². The molecule has 2 aromatic rings. The third-order valence-corrected chi connectivity index (χ3v) is 4.74. The van der Waals surface area contributed by atoms with Gasteiger partial charge in [-0.15, -0.1) is 0 Å². The quantitative estimate of drug-likeness (QED) is 0.903. The fourth-order valence-corrected chi connectivity index (χ4v) is 3.31. The van der Waals surface area contributed by atoms with Gasteiger partial charge < -0.3 is 14.7 Å². The van der Waals surface area contributed by atoms with Crippen LogP contribution in [0.15, 0.2) is 36.7 Å². The van der Waals surface area contributed by atoms with Crippen molar-refractivity contribution < 1.29 is 14.6 Å². The molecule has 1 saturated heterocycles. The van der Waals surface area contributed by atoms with Crippen LogP contribution >= 0.6 is 0 Å². The highest BCUT2D eigenvalue weighted by molar-refractivity contribution is 5.81. The minimum atomic E-state index is -0.538. The zero-order valence-corrected chi connectivity index (χ0v) is 14.8. The molecular weight excluding hydrogens is 318 g/mol. The smallest absolute Gasteiger partial charge is 0.263 e. The van der Waals surface area contributed by atoms with E-state index in [1.807, 2.05) is 35.0 Å². The Labute approximate surface area is 148 Å². The predicted octanol–water partition coefficient (Wildman–Crippen LogP) is 2.09. The molecule has 1 aliphatic heterocycles. The second-order valence-corrected chi connectivity index (χ2v) is 6.61. The first-order chi connectivity index (χ1) is 12.1. The van der Waals surface area contributed by atoms with E-state index in [1.165, 1.54) is 5.56 Å². The van der Waals surface area contributed by atoms with E-state index in [4.69, 9.17) is 4.74 Å². The van der Waals surface area contributed by atoms with Gasteiger partial charge in [-0.1, -0.05) is 12.1 Å². The molecule has 1 amide bonds. The van der Waals surface area contributed by atoms with Gasteiger partial charge in [0.1, 0.15) is 5.75 Å². The monoisotopic (exact) mass is 343 g/mol. The maximum atomic E-state index is 12.6. The van der Waals surface area contributed by atoms with Gasteiger partial charge in [-0.25, -0.2) is 0 Å². The Morgan fingerprint density at radius 1 is 1.40 bits per heavy atom. The molecule has 1 aliphatic rings. The predicted molar refractivity (Wildman–Crippen MR) is 94.2 cm³/mol. The van der Waals surface area contributed by atoms with E-state index in [-0.39, 0.29) is 12.5 Å². The first-order valence-electron chi connectivity index (χ1n) is 8.70. The lowest BCUT2D eigenvalue weighted by atomic mass is 9.91. The lowest BCUT2D eigenvalue weighted by Gasteiger charge is -2.33. The number of piperidine rings is 1. The average molecular weight is 343 g/mol.